The fourth-order valence-corrected chi connectivity index (χ4v) is 1.84. The number of piperazine rings is 1. The number of hydrogen-bond donors (Lipinski definition) is 3. The van der Waals surface area contributed by atoms with E-state index in [-0.39, 0.29) is 49.6 Å². The van der Waals surface area contributed by atoms with Crippen LogP contribution in [0.25, 0.3) is 0 Å². The number of anilines is 1. The third-order valence-electron chi connectivity index (χ3n) is 2.71. The van der Waals surface area contributed by atoms with Crippen LogP contribution in [0.1, 0.15) is 5.56 Å². The summed E-state index contributed by atoms with van der Waals surface area (Å²) in [6.07, 6.45) is 0. The van der Waals surface area contributed by atoms with Gasteiger partial charge in [0.25, 0.3) is 0 Å². The van der Waals surface area contributed by atoms with Crippen molar-refractivity contribution in [2.45, 2.75) is 6.54 Å². The molecule has 2 rings (SSSR count). The lowest BCUT2D eigenvalue weighted by Gasteiger charge is -2.27. The number of benzene rings is 1. The second-order valence-electron chi connectivity index (χ2n) is 3.91. The Labute approximate surface area is 138 Å². The van der Waals surface area contributed by atoms with Crippen molar-refractivity contribution in [2.24, 2.45) is 0 Å². The lowest BCUT2D eigenvalue weighted by atomic mass is 10.1. The topological polar surface area (TPSA) is 61.5 Å². The van der Waals surface area contributed by atoms with Gasteiger partial charge < -0.3 is 16.2 Å². The first kappa shape index (κ1) is 24.0. The Balaban J connectivity index is -0.000000640. The molecule has 0 amide bonds. The minimum absolute atomic E-state index is 0. The molecular formula is C11H21Cl4N3O. The van der Waals surface area contributed by atoms with Crippen LogP contribution in [0.5, 0.6) is 5.75 Å². The van der Waals surface area contributed by atoms with Crippen LogP contribution in [-0.4, -0.2) is 36.2 Å². The molecule has 114 valence electrons. The highest BCUT2D eigenvalue weighted by Crippen LogP contribution is 2.21. The average Bonchev–Trinajstić information content (AvgIpc) is 2.25. The van der Waals surface area contributed by atoms with Gasteiger partial charge >= 0.3 is 0 Å². The summed E-state index contributed by atoms with van der Waals surface area (Å²) in [5.74, 6) is 0.336. The van der Waals surface area contributed by atoms with Crippen molar-refractivity contribution in [2.75, 3.05) is 31.9 Å². The van der Waals surface area contributed by atoms with Crippen molar-refractivity contribution in [3.8, 4) is 5.75 Å². The fourth-order valence-electron chi connectivity index (χ4n) is 1.84. The zero-order valence-electron chi connectivity index (χ0n) is 10.4. The quantitative estimate of drug-likeness (QED) is 0.563. The molecule has 0 saturated carbocycles. The molecule has 1 aliphatic heterocycles. The lowest BCUT2D eigenvalue weighted by Crippen LogP contribution is -2.42. The maximum Gasteiger partial charge on any atom is 0.120 e. The van der Waals surface area contributed by atoms with Crippen molar-refractivity contribution < 1.29 is 5.11 Å². The standard InChI is InChI=1S/C11H17N3O.4ClH/c12-10-1-2-11(15)9(7-10)8-14-5-3-13-4-6-14;;;;/h1-2,7,13,15H,3-6,8,12H2;4*1H. The zero-order chi connectivity index (χ0) is 10.7. The number of nitrogen functional groups attached to an aromatic ring is 1. The molecule has 1 heterocycles. The summed E-state index contributed by atoms with van der Waals surface area (Å²) in [7, 11) is 0. The molecule has 0 bridgehead atoms. The summed E-state index contributed by atoms with van der Waals surface area (Å²) in [6, 6.07) is 5.22. The van der Waals surface area contributed by atoms with Crippen LogP contribution in [0.4, 0.5) is 5.69 Å². The predicted octanol–water partition coefficient (Wildman–Crippen LogP) is 2.07. The van der Waals surface area contributed by atoms with Crippen LogP contribution < -0.4 is 11.1 Å². The maximum absolute atomic E-state index is 9.67. The summed E-state index contributed by atoms with van der Waals surface area (Å²) in [6.45, 7) is 4.85. The molecular weight excluding hydrogens is 332 g/mol. The van der Waals surface area contributed by atoms with Gasteiger partial charge in [0.15, 0.2) is 0 Å². The highest BCUT2D eigenvalue weighted by atomic mass is 35.5. The lowest BCUT2D eigenvalue weighted by molar-refractivity contribution is 0.230. The molecule has 0 atom stereocenters. The molecule has 0 unspecified atom stereocenters. The first-order valence-electron chi connectivity index (χ1n) is 5.26. The predicted molar refractivity (Wildman–Crippen MR) is 89.7 cm³/mol. The van der Waals surface area contributed by atoms with Gasteiger partial charge in [-0.15, -0.1) is 49.6 Å². The van der Waals surface area contributed by atoms with E-state index < -0.39 is 0 Å². The Bertz CT molecular complexity index is 349. The van der Waals surface area contributed by atoms with Crippen LogP contribution in [0.3, 0.4) is 0 Å². The largest absolute Gasteiger partial charge is 0.508 e. The van der Waals surface area contributed by atoms with E-state index in [4.69, 9.17) is 5.73 Å². The molecule has 0 aromatic heterocycles. The normalized spacial score (nSPS) is 14.1. The van der Waals surface area contributed by atoms with E-state index in [0.29, 0.717) is 11.4 Å². The van der Waals surface area contributed by atoms with Crippen LogP contribution in [0.2, 0.25) is 0 Å². The Morgan fingerprint density at radius 1 is 1.11 bits per heavy atom. The Morgan fingerprint density at radius 3 is 2.26 bits per heavy atom. The number of aromatic hydroxyl groups is 1. The van der Waals surface area contributed by atoms with Gasteiger partial charge in [-0.3, -0.25) is 4.90 Å². The number of phenols is 1. The van der Waals surface area contributed by atoms with E-state index in [2.05, 4.69) is 10.2 Å². The third kappa shape index (κ3) is 7.30. The van der Waals surface area contributed by atoms with Gasteiger partial charge in [0.2, 0.25) is 0 Å². The zero-order valence-corrected chi connectivity index (χ0v) is 13.6. The van der Waals surface area contributed by atoms with E-state index >= 15 is 0 Å². The van der Waals surface area contributed by atoms with Gasteiger partial charge in [-0.25, -0.2) is 0 Å². The van der Waals surface area contributed by atoms with Crippen molar-refractivity contribution in [3.63, 3.8) is 0 Å². The van der Waals surface area contributed by atoms with Crippen LogP contribution in [0.15, 0.2) is 18.2 Å². The number of phenolic OH excluding ortho intramolecular Hbond substituents is 1. The van der Waals surface area contributed by atoms with Gasteiger partial charge in [0, 0.05) is 44.0 Å². The molecule has 0 radical (unpaired) electrons. The number of halogens is 4. The van der Waals surface area contributed by atoms with Gasteiger partial charge in [-0.05, 0) is 18.2 Å². The second kappa shape index (κ2) is 11.7. The molecule has 0 spiro atoms. The third-order valence-corrected chi connectivity index (χ3v) is 2.71. The Hall–Kier alpha value is -0.100. The SMILES string of the molecule is Cl.Cl.Cl.Cl.Nc1ccc(O)c(CN2CCNCC2)c1. The van der Waals surface area contributed by atoms with E-state index in [1.807, 2.05) is 6.07 Å². The molecule has 1 fully saturated rings. The molecule has 8 heteroatoms. The van der Waals surface area contributed by atoms with Crippen molar-refractivity contribution in [1.29, 1.82) is 0 Å². The van der Waals surface area contributed by atoms with Gasteiger partial charge in [-0.2, -0.15) is 0 Å². The maximum atomic E-state index is 9.67. The van der Waals surface area contributed by atoms with Crippen LogP contribution in [-0.2, 0) is 6.54 Å². The highest BCUT2D eigenvalue weighted by molar-refractivity contribution is 5.86. The molecule has 4 nitrogen and oxygen atoms in total. The van der Waals surface area contributed by atoms with Gasteiger partial charge in [-0.1, -0.05) is 0 Å². The average molecular weight is 353 g/mol. The van der Waals surface area contributed by atoms with E-state index in [0.717, 1.165) is 38.3 Å². The summed E-state index contributed by atoms with van der Waals surface area (Å²) in [4.78, 5) is 2.31. The monoisotopic (exact) mass is 351 g/mol. The summed E-state index contributed by atoms with van der Waals surface area (Å²) < 4.78 is 0. The summed E-state index contributed by atoms with van der Waals surface area (Å²) in [5, 5.41) is 13.0. The van der Waals surface area contributed by atoms with Crippen molar-refractivity contribution >= 4 is 55.3 Å². The number of nitrogens with one attached hydrogen (secondary N) is 1. The van der Waals surface area contributed by atoms with Crippen LogP contribution >= 0.6 is 49.6 Å². The van der Waals surface area contributed by atoms with Crippen molar-refractivity contribution in [3.05, 3.63) is 23.8 Å². The fraction of sp³-hybridized carbons (Fsp3) is 0.455. The molecule has 19 heavy (non-hydrogen) atoms. The number of nitrogens with zero attached hydrogens (tertiary/aromatic N) is 1. The summed E-state index contributed by atoms with van der Waals surface area (Å²) in [5.41, 5.74) is 7.31. The smallest absolute Gasteiger partial charge is 0.120 e. The van der Waals surface area contributed by atoms with Gasteiger partial charge in [0.05, 0.1) is 0 Å². The Morgan fingerprint density at radius 2 is 1.68 bits per heavy atom. The minimum atomic E-state index is 0. The molecule has 1 saturated heterocycles. The Kier molecular flexibility index (Phi) is 14.8. The molecule has 1 aliphatic rings. The number of nitrogens with two attached hydrogens (primary N) is 1. The minimum Gasteiger partial charge on any atom is -0.508 e. The first-order chi connectivity index (χ1) is 7.25. The second-order valence-corrected chi connectivity index (χ2v) is 3.91. The number of hydrogen-bond acceptors (Lipinski definition) is 4. The molecule has 1 aromatic rings. The van der Waals surface area contributed by atoms with E-state index in [9.17, 15) is 5.11 Å². The summed E-state index contributed by atoms with van der Waals surface area (Å²) >= 11 is 0. The molecule has 4 N–H and O–H groups in total. The molecule has 0 aliphatic carbocycles. The number of rotatable bonds is 2. The van der Waals surface area contributed by atoms with E-state index in [1.54, 1.807) is 12.1 Å². The van der Waals surface area contributed by atoms with Gasteiger partial charge in [0.1, 0.15) is 5.75 Å². The first-order valence-corrected chi connectivity index (χ1v) is 5.26. The molecule has 1 aromatic carbocycles. The van der Waals surface area contributed by atoms with Crippen LogP contribution in [0, 0.1) is 0 Å². The highest BCUT2D eigenvalue weighted by Gasteiger charge is 2.11. The van der Waals surface area contributed by atoms with E-state index in [1.165, 1.54) is 0 Å². The van der Waals surface area contributed by atoms with Crippen molar-refractivity contribution in [1.82, 2.24) is 10.2 Å².